The fraction of sp³-hybridized carbons (Fsp3) is 0.417. The van der Waals surface area contributed by atoms with Crippen molar-refractivity contribution in [1.29, 1.82) is 0 Å². The number of fused-ring (bicyclic) bond motifs is 1. The lowest BCUT2D eigenvalue weighted by molar-refractivity contribution is 0.665. The number of allylic oxidation sites excluding steroid dienone is 1. The summed E-state index contributed by atoms with van der Waals surface area (Å²) >= 11 is 0. The van der Waals surface area contributed by atoms with E-state index in [1.807, 2.05) is 6.92 Å². The van der Waals surface area contributed by atoms with Crippen LogP contribution >= 0.6 is 0 Å². The Morgan fingerprint density at radius 3 is 2.88 bits per heavy atom. The molecule has 1 unspecified atom stereocenters. The van der Waals surface area contributed by atoms with Crippen LogP contribution in [0.15, 0.2) is 12.9 Å². The number of anilines is 1. The molecule has 5 heteroatoms. The van der Waals surface area contributed by atoms with E-state index in [1.165, 1.54) is 6.33 Å². The van der Waals surface area contributed by atoms with Crippen molar-refractivity contribution in [2.75, 3.05) is 5.73 Å². The maximum Gasteiger partial charge on any atom is 0.168 e. The van der Waals surface area contributed by atoms with Gasteiger partial charge in [-0.25, -0.2) is 14.6 Å². The van der Waals surface area contributed by atoms with Gasteiger partial charge < -0.3 is 5.73 Å². The first kappa shape index (κ1) is 11.6. The molecule has 90 valence electrons. The minimum Gasteiger partial charge on any atom is -0.383 e. The number of aromatic nitrogens is 4. The first-order valence-corrected chi connectivity index (χ1v) is 5.71. The molecule has 0 aliphatic rings. The van der Waals surface area contributed by atoms with Crippen LogP contribution in [0.1, 0.15) is 26.0 Å². The Balaban J connectivity index is 2.64. The van der Waals surface area contributed by atoms with Crippen LogP contribution in [-0.2, 0) is 0 Å². The van der Waals surface area contributed by atoms with Crippen LogP contribution in [0.2, 0.25) is 0 Å². The third-order valence-electron chi connectivity index (χ3n) is 3.12. The molecule has 0 saturated carbocycles. The maximum atomic E-state index is 5.85. The van der Waals surface area contributed by atoms with Gasteiger partial charge in [0.25, 0.3) is 0 Å². The molecule has 1 atom stereocenters. The molecule has 0 spiro atoms. The zero-order chi connectivity index (χ0) is 12.6. The van der Waals surface area contributed by atoms with E-state index >= 15 is 0 Å². The molecule has 0 aromatic carbocycles. The van der Waals surface area contributed by atoms with E-state index in [0.717, 1.165) is 28.8 Å². The highest BCUT2D eigenvalue weighted by molar-refractivity contribution is 5.89. The summed E-state index contributed by atoms with van der Waals surface area (Å²) in [5.41, 5.74) is 8.35. The lowest BCUT2D eigenvalue weighted by Gasteiger charge is -2.12. The van der Waals surface area contributed by atoms with Gasteiger partial charge in [0.1, 0.15) is 12.1 Å². The molecule has 2 aromatic heterocycles. The lowest BCUT2D eigenvalue weighted by Crippen LogP contribution is -2.07. The summed E-state index contributed by atoms with van der Waals surface area (Å²) in [6.07, 6.45) is 2.47. The second kappa shape index (κ2) is 4.16. The van der Waals surface area contributed by atoms with Crippen LogP contribution in [0.4, 0.5) is 5.82 Å². The van der Waals surface area contributed by atoms with E-state index in [9.17, 15) is 0 Å². The number of hydrogen-bond acceptors (Lipinski definition) is 4. The molecule has 0 bridgehead atoms. The Morgan fingerprint density at radius 2 is 2.24 bits per heavy atom. The smallest absolute Gasteiger partial charge is 0.168 e. The second-order valence-corrected chi connectivity index (χ2v) is 4.26. The van der Waals surface area contributed by atoms with Crippen LogP contribution in [0.3, 0.4) is 0 Å². The average molecular weight is 231 g/mol. The van der Waals surface area contributed by atoms with Crippen molar-refractivity contribution in [2.45, 2.75) is 27.2 Å². The van der Waals surface area contributed by atoms with Crippen LogP contribution in [0.5, 0.6) is 0 Å². The number of rotatable bonds is 3. The van der Waals surface area contributed by atoms with Crippen molar-refractivity contribution in [2.24, 2.45) is 5.92 Å². The molecule has 2 heterocycles. The van der Waals surface area contributed by atoms with Gasteiger partial charge in [0.05, 0.1) is 11.1 Å². The minimum atomic E-state index is 0.355. The zero-order valence-corrected chi connectivity index (χ0v) is 10.4. The van der Waals surface area contributed by atoms with Crippen molar-refractivity contribution in [3.63, 3.8) is 0 Å². The Hall–Kier alpha value is -1.91. The Bertz CT molecular complexity index is 570. The van der Waals surface area contributed by atoms with Crippen molar-refractivity contribution < 1.29 is 0 Å². The lowest BCUT2D eigenvalue weighted by atomic mass is 10.1. The largest absolute Gasteiger partial charge is 0.383 e. The third kappa shape index (κ3) is 1.77. The molecule has 0 saturated heterocycles. The van der Waals surface area contributed by atoms with Gasteiger partial charge in [0.2, 0.25) is 0 Å². The fourth-order valence-corrected chi connectivity index (χ4v) is 1.79. The predicted octanol–water partition coefficient (Wildman–Crippen LogP) is 2.23. The van der Waals surface area contributed by atoms with Crippen molar-refractivity contribution >= 4 is 22.5 Å². The van der Waals surface area contributed by atoms with Crippen LogP contribution < -0.4 is 5.73 Å². The fourth-order valence-electron chi connectivity index (χ4n) is 1.79. The number of nitrogens with zero attached hydrogens (tertiary/aromatic N) is 4. The molecule has 5 nitrogen and oxygen atoms in total. The van der Waals surface area contributed by atoms with Crippen molar-refractivity contribution in [1.82, 2.24) is 19.7 Å². The first-order valence-electron chi connectivity index (χ1n) is 5.71. The van der Waals surface area contributed by atoms with Crippen molar-refractivity contribution in [3.8, 4) is 0 Å². The van der Waals surface area contributed by atoms with Gasteiger partial charge in [-0.15, -0.1) is 0 Å². The highest BCUT2D eigenvalue weighted by atomic mass is 15.3. The third-order valence-corrected chi connectivity index (χ3v) is 3.12. The van der Waals surface area contributed by atoms with E-state index in [4.69, 9.17) is 5.73 Å². The molecule has 0 fully saturated rings. The molecule has 0 amide bonds. The Kier molecular flexibility index (Phi) is 2.83. The SMILES string of the molecule is C=C(C(C)CC)n1nc(C)c2c(N)ncnc21. The quantitative estimate of drug-likeness (QED) is 0.879. The number of aryl methyl sites for hydroxylation is 1. The van der Waals surface area contributed by atoms with Gasteiger partial charge in [-0.1, -0.05) is 20.4 Å². The maximum absolute atomic E-state index is 5.85. The molecule has 0 aliphatic carbocycles. The predicted molar refractivity (Wildman–Crippen MR) is 69.3 cm³/mol. The molecule has 2 N–H and O–H groups in total. The zero-order valence-electron chi connectivity index (χ0n) is 10.4. The molecule has 2 aromatic rings. The number of nitrogens with two attached hydrogens (primary N) is 1. The number of nitrogen functional groups attached to an aromatic ring is 1. The summed E-state index contributed by atoms with van der Waals surface area (Å²) < 4.78 is 1.77. The highest BCUT2D eigenvalue weighted by Gasteiger charge is 2.16. The molecule has 17 heavy (non-hydrogen) atoms. The average Bonchev–Trinajstić information content (AvgIpc) is 2.66. The van der Waals surface area contributed by atoms with Gasteiger partial charge in [-0.3, -0.25) is 0 Å². The van der Waals surface area contributed by atoms with Crippen LogP contribution in [0.25, 0.3) is 16.7 Å². The van der Waals surface area contributed by atoms with E-state index in [-0.39, 0.29) is 0 Å². The molecule has 0 radical (unpaired) electrons. The molecule has 0 aliphatic heterocycles. The van der Waals surface area contributed by atoms with Gasteiger partial charge >= 0.3 is 0 Å². The normalized spacial score (nSPS) is 12.9. The van der Waals surface area contributed by atoms with Gasteiger partial charge in [-0.05, 0) is 19.3 Å². The molecule has 2 rings (SSSR count). The summed E-state index contributed by atoms with van der Waals surface area (Å²) in [6, 6.07) is 0. The summed E-state index contributed by atoms with van der Waals surface area (Å²) in [4.78, 5) is 8.24. The Labute approximate surface area is 100 Å². The van der Waals surface area contributed by atoms with E-state index in [0.29, 0.717) is 11.7 Å². The van der Waals surface area contributed by atoms with E-state index < -0.39 is 0 Å². The molecular weight excluding hydrogens is 214 g/mol. The van der Waals surface area contributed by atoms with Gasteiger partial charge in [-0.2, -0.15) is 5.10 Å². The summed E-state index contributed by atoms with van der Waals surface area (Å²) in [6.45, 7) is 10.2. The van der Waals surface area contributed by atoms with Crippen molar-refractivity contribution in [3.05, 3.63) is 18.6 Å². The monoisotopic (exact) mass is 231 g/mol. The van der Waals surface area contributed by atoms with E-state index in [1.54, 1.807) is 4.68 Å². The summed E-state index contributed by atoms with van der Waals surface area (Å²) in [7, 11) is 0. The second-order valence-electron chi connectivity index (χ2n) is 4.26. The summed E-state index contributed by atoms with van der Waals surface area (Å²) in [5, 5.41) is 5.27. The van der Waals surface area contributed by atoms with E-state index in [2.05, 4.69) is 35.5 Å². The van der Waals surface area contributed by atoms with Gasteiger partial charge in [0.15, 0.2) is 5.65 Å². The van der Waals surface area contributed by atoms with Crippen LogP contribution in [-0.4, -0.2) is 19.7 Å². The Morgan fingerprint density at radius 1 is 1.53 bits per heavy atom. The summed E-state index contributed by atoms with van der Waals surface area (Å²) in [5.74, 6) is 0.824. The van der Waals surface area contributed by atoms with Gasteiger partial charge in [0, 0.05) is 5.70 Å². The first-order chi connectivity index (χ1) is 8.06. The number of hydrogen-bond donors (Lipinski definition) is 1. The van der Waals surface area contributed by atoms with Crippen LogP contribution in [0, 0.1) is 12.8 Å². The highest BCUT2D eigenvalue weighted by Crippen LogP contribution is 2.25. The standard InChI is InChI=1S/C12H17N5/c1-5-7(2)9(4)17-12-10(8(3)16-17)11(13)14-6-15-12/h6-7H,4-5H2,1-3H3,(H2,13,14,15). The minimum absolute atomic E-state index is 0.355. The topological polar surface area (TPSA) is 69.6 Å². The molecular formula is C12H17N5.